The average molecular weight is 482 g/mol. The number of hydrogen-bond acceptors (Lipinski definition) is 5. The number of amides is 2. The summed E-state index contributed by atoms with van der Waals surface area (Å²) in [6, 6.07) is 12.5. The van der Waals surface area contributed by atoms with Crippen molar-refractivity contribution in [3.05, 3.63) is 54.2 Å². The lowest BCUT2D eigenvalue weighted by Gasteiger charge is -2.26. The number of nitrogens with one attached hydrogen (secondary N) is 1. The fourth-order valence-corrected chi connectivity index (χ4v) is 4.66. The minimum Gasteiger partial charge on any atom is -0.496 e. The third kappa shape index (κ3) is 7.38. The Labute approximate surface area is 208 Å². The van der Waals surface area contributed by atoms with Gasteiger partial charge in [-0.3, -0.25) is 4.79 Å². The van der Waals surface area contributed by atoms with E-state index in [0.29, 0.717) is 12.2 Å². The molecule has 3 N–H and O–H groups in total. The van der Waals surface area contributed by atoms with Gasteiger partial charge < -0.3 is 25.4 Å². The first-order valence-corrected chi connectivity index (χ1v) is 12.4. The molecule has 1 aliphatic heterocycles. The fraction of sp³-hybridized carbons (Fsp3) is 0.500. The molecular formula is C28H39N3O4. The van der Waals surface area contributed by atoms with Gasteiger partial charge in [-0.05, 0) is 66.0 Å². The van der Waals surface area contributed by atoms with Crippen LogP contribution in [0.3, 0.4) is 0 Å². The molecule has 2 aromatic carbocycles. The number of carbonyl (C=O) groups is 2. The highest BCUT2D eigenvalue weighted by Crippen LogP contribution is 2.29. The number of benzene rings is 2. The van der Waals surface area contributed by atoms with E-state index in [1.165, 1.54) is 16.3 Å². The Morgan fingerprint density at radius 3 is 2.60 bits per heavy atom. The highest BCUT2D eigenvalue weighted by molar-refractivity contribution is 5.85. The van der Waals surface area contributed by atoms with Gasteiger partial charge in [0.2, 0.25) is 5.91 Å². The van der Waals surface area contributed by atoms with Gasteiger partial charge in [0, 0.05) is 12.2 Å². The van der Waals surface area contributed by atoms with Crippen LogP contribution in [-0.2, 0) is 16.0 Å². The van der Waals surface area contributed by atoms with Crippen LogP contribution in [-0.4, -0.2) is 49.7 Å². The third-order valence-corrected chi connectivity index (χ3v) is 6.68. The number of rotatable bonds is 11. The van der Waals surface area contributed by atoms with Gasteiger partial charge in [0.1, 0.15) is 12.3 Å². The van der Waals surface area contributed by atoms with Gasteiger partial charge in [0.25, 0.3) is 0 Å². The van der Waals surface area contributed by atoms with Crippen LogP contribution in [0.25, 0.3) is 10.8 Å². The molecule has 7 nitrogen and oxygen atoms in total. The van der Waals surface area contributed by atoms with E-state index in [2.05, 4.69) is 50.0 Å². The molecule has 0 radical (unpaired) electrons. The number of unbranched alkanes of at least 4 members (excludes halogenated alkanes) is 1. The standard InChI is InChI=1S/C28H39N3O4/c1-20(29)24-13-9-15-31(24)26(32)18-30-27(33)35-19-28(2,3)14-8-7-12-23-16-21-10-5-6-11-22(21)17-25(23)34-4/h5-6,10-11,16-17,24H,1,7-9,12-15,18-19,29H2,2-4H3,(H,30,33). The van der Waals surface area contributed by atoms with Crippen LogP contribution >= 0.6 is 0 Å². The van der Waals surface area contributed by atoms with Crippen molar-refractivity contribution in [1.29, 1.82) is 0 Å². The molecule has 2 amide bonds. The van der Waals surface area contributed by atoms with E-state index in [9.17, 15) is 9.59 Å². The Hall–Kier alpha value is -3.22. The van der Waals surface area contributed by atoms with Crippen LogP contribution < -0.4 is 15.8 Å². The summed E-state index contributed by atoms with van der Waals surface area (Å²) in [5.74, 6) is 0.757. The molecule has 0 aliphatic carbocycles. The summed E-state index contributed by atoms with van der Waals surface area (Å²) in [5, 5.41) is 4.97. The molecule has 0 saturated carbocycles. The maximum atomic E-state index is 12.4. The van der Waals surface area contributed by atoms with Crippen molar-refractivity contribution >= 4 is 22.8 Å². The van der Waals surface area contributed by atoms with Gasteiger partial charge in [-0.1, -0.05) is 51.1 Å². The summed E-state index contributed by atoms with van der Waals surface area (Å²) in [7, 11) is 1.71. The van der Waals surface area contributed by atoms with Crippen LogP contribution in [0.2, 0.25) is 0 Å². The predicted octanol–water partition coefficient (Wildman–Crippen LogP) is 4.78. The Bertz CT molecular complexity index is 1050. The molecule has 0 spiro atoms. The summed E-state index contributed by atoms with van der Waals surface area (Å²) in [5.41, 5.74) is 7.33. The molecule has 3 rings (SSSR count). The zero-order valence-electron chi connectivity index (χ0n) is 21.3. The molecule has 1 saturated heterocycles. The number of ether oxygens (including phenoxy) is 2. The third-order valence-electron chi connectivity index (χ3n) is 6.68. The van der Waals surface area contributed by atoms with Crippen molar-refractivity contribution < 1.29 is 19.1 Å². The van der Waals surface area contributed by atoms with Crippen molar-refractivity contribution in [3.63, 3.8) is 0 Å². The molecule has 0 aromatic heterocycles. The predicted molar refractivity (Wildman–Crippen MR) is 139 cm³/mol. The van der Waals surface area contributed by atoms with Crippen LogP contribution in [0.1, 0.15) is 51.5 Å². The zero-order chi connectivity index (χ0) is 25.4. The smallest absolute Gasteiger partial charge is 0.407 e. The largest absolute Gasteiger partial charge is 0.496 e. The van der Waals surface area contributed by atoms with Crippen molar-refractivity contribution in [2.24, 2.45) is 11.1 Å². The Morgan fingerprint density at radius 2 is 1.91 bits per heavy atom. The molecule has 1 fully saturated rings. The van der Waals surface area contributed by atoms with Crippen molar-refractivity contribution in [2.75, 3.05) is 26.8 Å². The van der Waals surface area contributed by atoms with Crippen LogP contribution in [0.5, 0.6) is 5.75 Å². The van der Waals surface area contributed by atoms with Crippen LogP contribution in [0.15, 0.2) is 48.7 Å². The lowest BCUT2D eigenvalue weighted by molar-refractivity contribution is -0.130. The zero-order valence-corrected chi connectivity index (χ0v) is 21.3. The van der Waals surface area contributed by atoms with Gasteiger partial charge in [-0.2, -0.15) is 0 Å². The molecule has 35 heavy (non-hydrogen) atoms. The molecule has 2 aromatic rings. The maximum absolute atomic E-state index is 12.4. The van der Waals surface area contributed by atoms with E-state index in [4.69, 9.17) is 15.2 Å². The normalized spacial score (nSPS) is 15.7. The minimum atomic E-state index is -0.574. The van der Waals surface area contributed by atoms with Crippen LogP contribution in [0, 0.1) is 5.41 Å². The van der Waals surface area contributed by atoms with E-state index in [0.717, 1.165) is 44.3 Å². The SMILES string of the molecule is C=C(N)C1CCCN1C(=O)CNC(=O)OCC(C)(C)CCCCc1cc2ccccc2cc1OC. The number of methoxy groups -OCH3 is 1. The first-order chi connectivity index (χ1) is 16.7. The summed E-state index contributed by atoms with van der Waals surface area (Å²) >= 11 is 0. The second-order valence-electron chi connectivity index (χ2n) is 10.1. The number of likely N-dealkylation sites (tertiary alicyclic amines) is 1. The molecular weight excluding hydrogens is 442 g/mol. The molecule has 0 bridgehead atoms. The number of nitrogens with zero attached hydrogens (tertiary/aromatic N) is 1. The number of carbonyl (C=O) groups excluding carboxylic acids is 2. The molecule has 1 unspecified atom stereocenters. The monoisotopic (exact) mass is 481 g/mol. The Morgan fingerprint density at radius 1 is 1.20 bits per heavy atom. The van der Waals surface area contributed by atoms with E-state index >= 15 is 0 Å². The number of hydrogen-bond donors (Lipinski definition) is 2. The topological polar surface area (TPSA) is 93.9 Å². The summed E-state index contributed by atoms with van der Waals surface area (Å²) < 4.78 is 11.0. The van der Waals surface area contributed by atoms with E-state index in [-0.39, 0.29) is 30.5 Å². The highest BCUT2D eigenvalue weighted by Gasteiger charge is 2.29. The molecule has 1 aliphatic rings. The highest BCUT2D eigenvalue weighted by atomic mass is 16.5. The average Bonchev–Trinajstić information content (AvgIpc) is 3.34. The van der Waals surface area contributed by atoms with Gasteiger partial charge in [-0.15, -0.1) is 0 Å². The first-order valence-electron chi connectivity index (χ1n) is 12.4. The second kappa shape index (κ2) is 12.0. The maximum Gasteiger partial charge on any atom is 0.407 e. The van der Waals surface area contributed by atoms with Crippen molar-refractivity contribution in [2.45, 2.75) is 58.4 Å². The Balaban J connectivity index is 1.38. The van der Waals surface area contributed by atoms with Crippen molar-refractivity contribution in [1.82, 2.24) is 10.2 Å². The Kier molecular flexibility index (Phi) is 9.01. The van der Waals surface area contributed by atoms with E-state index < -0.39 is 6.09 Å². The van der Waals surface area contributed by atoms with Gasteiger partial charge in [0.05, 0.1) is 19.8 Å². The quantitative estimate of drug-likeness (QED) is 0.451. The van der Waals surface area contributed by atoms with Crippen molar-refractivity contribution in [3.8, 4) is 5.75 Å². The van der Waals surface area contributed by atoms with E-state index in [1.54, 1.807) is 12.0 Å². The van der Waals surface area contributed by atoms with Gasteiger partial charge in [-0.25, -0.2) is 4.79 Å². The molecule has 1 atom stereocenters. The first kappa shape index (κ1) is 26.4. The van der Waals surface area contributed by atoms with Gasteiger partial charge in [0.15, 0.2) is 0 Å². The number of aryl methyl sites for hydroxylation is 1. The van der Waals surface area contributed by atoms with Gasteiger partial charge >= 0.3 is 6.09 Å². The number of fused-ring (bicyclic) bond motifs is 1. The lowest BCUT2D eigenvalue weighted by Crippen LogP contribution is -2.44. The molecule has 7 heteroatoms. The second-order valence-corrected chi connectivity index (χ2v) is 10.1. The van der Waals surface area contributed by atoms with E-state index in [1.807, 2.05) is 12.1 Å². The summed E-state index contributed by atoms with van der Waals surface area (Å²) in [4.78, 5) is 26.3. The fourth-order valence-electron chi connectivity index (χ4n) is 4.66. The van der Waals surface area contributed by atoms with Crippen LogP contribution in [0.4, 0.5) is 4.79 Å². The summed E-state index contributed by atoms with van der Waals surface area (Å²) in [6.07, 6.45) is 5.00. The number of nitrogens with two attached hydrogens (primary N) is 1. The number of alkyl carbamates (subject to hydrolysis) is 1. The summed E-state index contributed by atoms with van der Waals surface area (Å²) in [6.45, 7) is 8.75. The molecule has 1 heterocycles. The lowest BCUT2D eigenvalue weighted by atomic mass is 9.87. The minimum absolute atomic E-state index is 0.101. The molecule has 190 valence electrons.